The maximum atomic E-state index is 3.58. The van der Waals surface area contributed by atoms with Crippen molar-refractivity contribution < 1.29 is 0 Å². The molecule has 0 aliphatic carbocycles. The summed E-state index contributed by atoms with van der Waals surface area (Å²) < 4.78 is 0. The molecule has 0 aromatic heterocycles. The normalized spacial score (nSPS) is 39.4. The van der Waals surface area contributed by atoms with Gasteiger partial charge in [-0.05, 0) is 51.6 Å². The quantitative estimate of drug-likeness (QED) is 0.741. The first-order chi connectivity index (χ1) is 6.75. The van der Waals surface area contributed by atoms with Gasteiger partial charge in [0.05, 0.1) is 0 Å². The zero-order valence-electron chi connectivity index (χ0n) is 9.63. The van der Waals surface area contributed by atoms with Gasteiger partial charge in [0.1, 0.15) is 0 Å². The van der Waals surface area contributed by atoms with Gasteiger partial charge >= 0.3 is 0 Å². The topological polar surface area (TPSA) is 15.3 Å². The summed E-state index contributed by atoms with van der Waals surface area (Å²) in [7, 11) is 0. The predicted octanol–water partition coefficient (Wildman–Crippen LogP) is 1.86. The Hall–Kier alpha value is -0.0800. The second kappa shape index (κ2) is 4.63. The van der Waals surface area contributed by atoms with Gasteiger partial charge in [-0.25, -0.2) is 0 Å². The zero-order valence-corrected chi connectivity index (χ0v) is 9.63. The van der Waals surface area contributed by atoms with Crippen LogP contribution in [0.1, 0.15) is 39.5 Å². The van der Waals surface area contributed by atoms with Crippen LogP contribution in [-0.4, -0.2) is 36.6 Å². The molecule has 2 saturated heterocycles. The van der Waals surface area contributed by atoms with Gasteiger partial charge in [-0.2, -0.15) is 0 Å². The van der Waals surface area contributed by atoms with Gasteiger partial charge in [-0.15, -0.1) is 0 Å². The Morgan fingerprint density at radius 2 is 2.21 bits per heavy atom. The highest BCUT2D eigenvalue weighted by Crippen LogP contribution is 2.23. The second-order valence-electron chi connectivity index (χ2n) is 5.27. The van der Waals surface area contributed by atoms with E-state index in [9.17, 15) is 0 Å². The predicted molar refractivity (Wildman–Crippen MR) is 60.5 cm³/mol. The molecule has 1 N–H and O–H groups in total. The Kier molecular flexibility index (Phi) is 3.45. The van der Waals surface area contributed by atoms with Crippen molar-refractivity contribution >= 4 is 0 Å². The highest BCUT2D eigenvalue weighted by Gasteiger charge is 2.26. The van der Waals surface area contributed by atoms with Gasteiger partial charge in [0.2, 0.25) is 0 Å². The number of hydrogen-bond donors (Lipinski definition) is 1. The summed E-state index contributed by atoms with van der Waals surface area (Å²) in [6, 6.07) is 1.64. The van der Waals surface area contributed by atoms with E-state index in [4.69, 9.17) is 0 Å². The van der Waals surface area contributed by atoms with Crippen molar-refractivity contribution in [3.63, 3.8) is 0 Å². The van der Waals surface area contributed by atoms with E-state index < -0.39 is 0 Å². The van der Waals surface area contributed by atoms with Crippen LogP contribution in [-0.2, 0) is 0 Å². The van der Waals surface area contributed by atoms with E-state index in [2.05, 4.69) is 24.1 Å². The Balaban J connectivity index is 1.69. The van der Waals surface area contributed by atoms with Gasteiger partial charge in [0.15, 0.2) is 0 Å². The van der Waals surface area contributed by atoms with Crippen LogP contribution in [0.25, 0.3) is 0 Å². The number of hydrogen-bond acceptors (Lipinski definition) is 2. The van der Waals surface area contributed by atoms with Crippen molar-refractivity contribution in [3.05, 3.63) is 0 Å². The van der Waals surface area contributed by atoms with Crippen LogP contribution >= 0.6 is 0 Å². The van der Waals surface area contributed by atoms with Crippen LogP contribution in [0.3, 0.4) is 0 Å². The number of likely N-dealkylation sites (tertiary alicyclic amines) is 1. The molecule has 2 rings (SSSR count). The minimum absolute atomic E-state index is 0.818. The molecule has 2 fully saturated rings. The fraction of sp³-hybridized carbons (Fsp3) is 1.00. The van der Waals surface area contributed by atoms with Crippen LogP contribution < -0.4 is 5.32 Å². The summed E-state index contributed by atoms with van der Waals surface area (Å²) in [5, 5.41) is 3.58. The van der Waals surface area contributed by atoms with Crippen molar-refractivity contribution in [1.82, 2.24) is 10.2 Å². The van der Waals surface area contributed by atoms with Crippen LogP contribution in [0.5, 0.6) is 0 Å². The molecule has 0 saturated carbocycles. The first-order valence-electron chi connectivity index (χ1n) is 6.23. The van der Waals surface area contributed by atoms with Crippen LogP contribution in [0.2, 0.25) is 0 Å². The van der Waals surface area contributed by atoms with Crippen molar-refractivity contribution in [2.45, 2.75) is 51.6 Å². The van der Waals surface area contributed by atoms with E-state index in [1.54, 1.807) is 0 Å². The average molecular weight is 196 g/mol. The standard InChI is InChI=1S/C12H24N2/c1-10-8-11(2)14(9-10)7-5-12-4-3-6-13-12/h10-13H,3-9H2,1-2H3. The summed E-state index contributed by atoms with van der Waals surface area (Å²) in [4.78, 5) is 2.67. The minimum atomic E-state index is 0.818. The van der Waals surface area contributed by atoms with E-state index in [1.165, 1.54) is 45.3 Å². The lowest BCUT2D eigenvalue weighted by Gasteiger charge is -2.22. The minimum Gasteiger partial charge on any atom is -0.314 e. The number of rotatable bonds is 3. The van der Waals surface area contributed by atoms with E-state index in [-0.39, 0.29) is 0 Å². The van der Waals surface area contributed by atoms with Gasteiger partial charge in [-0.3, -0.25) is 0 Å². The lowest BCUT2D eigenvalue weighted by Crippen LogP contribution is -2.32. The van der Waals surface area contributed by atoms with E-state index in [0.29, 0.717) is 0 Å². The van der Waals surface area contributed by atoms with E-state index in [1.807, 2.05) is 0 Å². The van der Waals surface area contributed by atoms with E-state index >= 15 is 0 Å². The monoisotopic (exact) mass is 196 g/mol. The molecule has 0 radical (unpaired) electrons. The van der Waals surface area contributed by atoms with Gasteiger partial charge in [0, 0.05) is 18.6 Å². The highest BCUT2D eigenvalue weighted by atomic mass is 15.2. The summed E-state index contributed by atoms with van der Waals surface area (Å²) in [6.45, 7) is 8.64. The Bertz CT molecular complexity index is 175. The molecule has 2 aliphatic rings. The molecule has 3 atom stereocenters. The van der Waals surface area contributed by atoms with Gasteiger partial charge in [-0.1, -0.05) is 6.92 Å². The highest BCUT2D eigenvalue weighted by molar-refractivity contribution is 4.82. The molecule has 14 heavy (non-hydrogen) atoms. The molecule has 0 spiro atoms. The fourth-order valence-electron chi connectivity index (χ4n) is 3.02. The van der Waals surface area contributed by atoms with E-state index in [0.717, 1.165) is 18.0 Å². The third-order valence-corrected chi connectivity index (χ3v) is 3.84. The molecule has 3 unspecified atom stereocenters. The molecular formula is C12H24N2. The van der Waals surface area contributed by atoms with Crippen molar-refractivity contribution in [2.75, 3.05) is 19.6 Å². The molecule has 2 heterocycles. The number of nitrogens with one attached hydrogen (secondary N) is 1. The lowest BCUT2D eigenvalue weighted by molar-refractivity contribution is 0.251. The van der Waals surface area contributed by atoms with Crippen LogP contribution in [0, 0.1) is 5.92 Å². The summed E-state index contributed by atoms with van der Waals surface area (Å²) in [5.41, 5.74) is 0. The first-order valence-corrected chi connectivity index (χ1v) is 6.23. The third kappa shape index (κ3) is 2.48. The summed E-state index contributed by atoms with van der Waals surface area (Å²) >= 11 is 0. The number of nitrogens with zero attached hydrogens (tertiary/aromatic N) is 1. The largest absolute Gasteiger partial charge is 0.314 e. The molecule has 82 valence electrons. The maximum absolute atomic E-state index is 3.58. The fourth-order valence-corrected chi connectivity index (χ4v) is 3.02. The average Bonchev–Trinajstić information content (AvgIpc) is 2.72. The Labute approximate surface area is 88.1 Å². The summed E-state index contributed by atoms with van der Waals surface area (Å²) in [6.07, 6.45) is 5.55. The molecule has 0 aromatic rings. The molecular weight excluding hydrogens is 172 g/mol. The molecule has 2 heteroatoms. The lowest BCUT2D eigenvalue weighted by atomic mass is 10.1. The third-order valence-electron chi connectivity index (χ3n) is 3.84. The Morgan fingerprint density at radius 1 is 1.36 bits per heavy atom. The first kappa shape index (κ1) is 10.4. The molecule has 0 aromatic carbocycles. The van der Waals surface area contributed by atoms with Crippen LogP contribution in [0.4, 0.5) is 0 Å². The maximum Gasteiger partial charge on any atom is 0.00797 e. The SMILES string of the molecule is CC1CC(C)N(CCC2CCCN2)C1. The summed E-state index contributed by atoms with van der Waals surface area (Å²) in [5.74, 6) is 0.918. The zero-order chi connectivity index (χ0) is 9.97. The van der Waals surface area contributed by atoms with Crippen molar-refractivity contribution in [3.8, 4) is 0 Å². The molecule has 2 aliphatic heterocycles. The van der Waals surface area contributed by atoms with Crippen molar-refractivity contribution in [1.29, 1.82) is 0 Å². The molecule has 2 nitrogen and oxygen atoms in total. The second-order valence-corrected chi connectivity index (χ2v) is 5.27. The molecule has 0 amide bonds. The smallest absolute Gasteiger partial charge is 0.00797 e. The van der Waals surface area contributed by atoms with Crippen molar-refractivity contribution in [2.24, 2.45) is 5.92 Å². The van der Waals surface area contributed by atoms with Gasteiger partial charge < -0.3 is 10.2 Å². The molecule has 0 bridgehead atoms. The van der Waals surface area contributed by atoms with Gasteiger partial charge in [0.25, 0.3) is 0 Å². The van der Waals surface area contributed by atoms with Crippen LogP contribution in [0.15, 0.2) is 0 Å². The Morgan fingerprint density at radius 3 is 2.79 bits per heavy atom.